The molecule has 0 aliphatic carbocycles. The predicted molar refractivity (Wildman–Crippen MR) is 86.9 cm³/mol. The van der Waals surface area contributed by atoms with E-state index in [2.05, 4.69) is 36.6 Å². The number of amides is 1. The number of nitrogens with one attached hydrogen (secondary N) is 2. The highest BCUT2D eigenvalue weighted by Crippen LogP contribution is 2.20. The fourth-order valence-electron chi connectivity index (χ4n) is 2.65. The first kappa shape index (κ1) is 18.0. The van der Waals surface area contributed by atoms with Gasteiger partial charge in [0.05, 0.1) is 18.8 Å². The van der Waals surface area contributed by atoms with Gasteiger partial charge in [0.15, 0.2) is 0 Å². The van der Waals surface area contributed by atoms with E-state index in [-0.39, 0.29) is 36.5 Å². The van der Waals surface area contributed by atoms with Crippen molar-refractivity contribution >= 4 is 18.3 Å². The summed E-state index contributed by atoms with van der Waals surface area (Å²) in [6.45, 7) is 9.52. The molecule has 118 valence electrons. The second kappa shape index (κ2) is 7.78. The van der Waals surface area contributed by atoms with Gasteiger partial charge in [-0.25, -0.2) is 0 Å². The lowest BCUT2D eigenvalue weighted by atomic mass is 9.98. The number of hydrogen-bond donors (Lipinski definition) is 2. The monoisotopic (exact) mass is 312 g/mol. The molecule has 3 atom stereocenters. The average molecular weight is 313 g/mol. The van der Waals surface area contributed by atoms with E-state index in [4.69, 9.17) is 4.74 Å². The Kier molecular flexibility index (Phi) is 6.65. The number of carbonyl (C=O) groups is 1. The van der Waals surface area contributed by atoms with Crippen molar-refractivity contribution in [3.8, 4) is 0 Å². The molecule has 1 unspecified atom stereocenters. The van der Waals surface area contributed by atoms with Crippen LogP contribution in [0.15, 0.2) is 18.2 Å². The molecule has 1 aromatic carbocycles. The van der Waals surface area contributed by atoms with Crippen LogP contribution in [0.25, 0.3) is 0 Å². The summed E-state index contributed by atoms with van der Waals surface area (Å²) in [5.41, 5.74) is 3.65. The lowest BCUT2D eigenvalue weighted by molar-refractivity contribution is -0.129. The van der Waals surface area contributed by atoms with E-state index in [1.165, 1.54) is 16.7 Å². The zero-order valence-electron chi connectivity index (χ0n) is 13.1. The molecule has 1 aliphatic heterocycles. The molecule has 1 saturated heterocycles. The molecule has 0 aromatic heterocycles. The average Bonchev–Trinajstić information content (AvgIpc) is 2.42. The zero-order valence-corrected chi connectivity index (χ0v) is 13.9. The molecule has 0 spiro atoms. The van der Waals surface area contributed by atoms with Gasteiger partial charge < -0.3 is 15.4 Å². The summed E-state index contributed by atoms with van der Waals surface area (Å²) in [4.78, 5) is 12.3. The largest absolute Gasteiger partial charge is 0.375 e. The molecular weight excluding hydrogens is 288 g/mol. The summed E-state index contributed by atoms with van der Waals surface area (Å²) in [6.07, 6.45) is -0.0884. The molecular formula is C16H25ClN2O2. The van der Waals surface area contributed by atoms with Crippen molar-refractivity contribution in [2.75, 3.05) is 13.2 Å². The number of morpholine rings is 1. The number of ether oxygens (including phenoxy) is 1. The standard InChI is InChI=1S/C16H24N2O2.ClH/c1-10-6-5-7-14(11(10)2)12(3)18-16(19)15-13(4)20-9-8-17-15;/h5-7,12-13,15,17H,8-9H2,1-4H3,(H,18,19);1H/t12?,13-,15+;/m1./s1. The molecule has 21 heavy (non-hydrogen) atoms. The third kappa shape index (κ3) is 4.19. The predicted octanol–water partition coefficient (Wildman–Crippen LogP) is 2.28. The summed E-state index contributed by atoms with van der Waals surface area (Å²) < 4.78 is 5.52. The Labute approximate surface area is 133 Å². The highest BCUT2D eigenvalue weighted by Gasteiger charge is 2.29. The van der Waals surface area contributed by atoms with Gasteiger partial charge in [-0.2, -0.15) is 0 Å². The van der Waals surface area contributed by atoms with Crippen LogP contribution in [0.3, 0.4) is 0 Å². The lowest BCUT2D eigenvalue weighted by Gasteiger charge is -2.30. The molecule has 2 rings (SSSR count). The van der Waals surface area contributed by atoms with E-state index < -0.39 is 0 Å². The second-order valence-electron chi connectivity index (χ2n) is 5.53. The number of rotatable bonds is 3. The highest BCUT2D eigenvalue weighted by atomic mass is 35.5. The van der Waals surface area contributed by atoms with E-state index in [1.54, 1.807) is 0 Å². The third-order valence-electron chi connectivity index (χ3n) is 4.07. The van der Waals surface area contributed by atoms with E-state index in [9.17, 15) is 4.79 Å². The first-order chi connectivity index (χ1) is 9.50. The van der Waals surface area contributed by atoms with Gasteiger partial charge in [-0.15, -0.1) is 12.4 Å². The second-order valence-corrected chi connectivity index (χ2v) is 5.53. The Morgan fingerprint density at radius 2 is 2.14 bits per heavy atom. The van der Waals surface area contributed by atoms with Crippen LogP contribution in [-0.2, 0) is 9.53 Å². The maximum atomic E-state index is 12.3. The van der Waals surface area contributed by atoms with Gasteiger partial charge in [0.2, 0.25) is 5.91 Å². The van der Waals surface area contributed by atoms with Crippen LogP contribution in [0, 0.1) is 13.8 Å². The van der Waals surface area contributed by atoms with E-state index in [0.29, 0.717) is 6.61 Å². The molecule has 4 nitrogen and oxygen atoms in total. The summed E-state index contributed by atoms with van der Waals surface area (Å²) in [6, 6.07) is 5.92. The molecule has 0 radical (unpaired) electrons. The minimum absolute atomic E-state index is 0. The number of aryl methyl sites for hydroxylation is 1. The van der Waals surface area contributed by atoms with E-state index >= 15 is 0 Å². The van der Waals surface area contributed by atoms with Crippen LogP contribution in [0.2, 0.25) is 0 Å². The molecule has 1 heterocycles. The zero-order chi connectivity index (χ0) is 14.7. The van der Waals surface area contributed by atoms with Gasteiger partial charge in [0.1, 0.15) is 6.04 Å². The Hall–Kier alpha value is -1.10. The fraction of sp³-hybridized carbons (Fsp3) is 0.562. The van der Waals surface area contributed by atoms with Crippen LogP contribution >= 0.6 is 12.4 Å². The Morgan fingerprint density at radius 3 is 2.81 bits per heavy atom. The molecule has 5 heteroatoms. The first-order valence-corrected chi connectivity index (χ1v) is 7.22. The molecule has 1 aromatic rings. The Morgan fingerprint density at radius 1 is 1.43 bits per heavy atom. The number of benzene rings is 1. The molecule has 0 saturated carbocycles. The molecule has 1 amide bonds. The quantitative estimate of drug-likeness (QED) is 0.900. The minimum atomic E-state index is -0.267. The molecule has 1 fully saturated rings. The lowest BCUT2D eigenvalue weighted by Crippen LogP contribution is -2.55. The van der Waals surface area contributed by atoms with Crippen LogP contribution < -0.4 is 10.6 Å². The van der Waals surface area contributed by atoms with Crippen LogP contribution in [0.5, 0.6) is 0 Å². The molecule has 1 aliphatic rings. The van der Waals surface area contributed by atoms with Crippen molar-refractivity contribution in [1.82, 2.24) is 10.6 Å². The van der Waals surface area contributed by atoms with Gasteiger partial charge in [-0.05, 0) is 44.4 Å². The summed E-state index contributed by atoms with van der Waals surface area (Å²) in [7, 11) is 0. The minimum Gasteiger partial charge on any atom is -0.375 e. The van der Waals surface area contributed by atoms with E-state index in [0.717, 1.165) is 6.54 Å². The van der Waals surface area contributed by atoms with Crippen molar-refractivity contribution in [2.45, 2.75) is 45.9 Å². The van der Waals surface area contributed by atoms with E-state index in [1.807, 2.05) is 19.9 Å². The van der Waals surface area contributed by atoms with Crippen molar-refractivity contribution < 1.29 is 9.53 Å². The number of carbonyl (C=O) groups excluding carboxylic acids is 1. The van der Waals surface area contributed by atoms with Crippen molar-refractivity contribution in [1.29, 1.82) is 0 Å². The van der Waals surface area contributed by atoms with Crippen LogP contribution in [0.4, 0.5) is 0 Å². The normalized spacial score (nSPS) is 23.0. The molecule has 0 bridgehead atoms. The Bertz CT molecular complexity index is 493. The number of hydrogen-bond acceptors (Lipinski definition) is 3. The maximum Gasteiger partial charge on any atom is 0.240 e. The van der Waals surface area contributed by atoms with Gasteiger partial charge in [-0.1, -0.05) is 18.2 Å². The topological polar surface area (TPSA) is 50.4 Å². The number of halogens is 1. The summed E-state index contributed by atoms with van der Waals surface area (Å²) >= 11 is 0. The van der Waals surface area contributed by atoms with Gasteiger partial charge in [0, 0.05) is 6.54 Å². The SMILES string of the molecule is Cc1cccc(C(C)NC(=O)[C@H]2NCCO[C@@H]2C)c1C.Cl. The van der Waals surface area contributed by atoms with Crippen molar-refractivity contribution in [3.05, 3.63) is 34.9 Å². The first-order valence-electron chi connectivity index (χ1n) is 7.22. The van der Waals surface area contributed by atoms with Gasteiger partial charge in [-0.3, -0.25) is 4.79 Å². The van der Waals surface area contributed by atoms with Gasteiger partial charge >= 0.3 is 0 Å². The summed E-state index contributed by atoms with van der Waals surface area (Å²) in [5, 5.41) is 6.30. The molecule has 2 N–H and O–H groups in total. The van der Waals surface area contributed by atoms with Crippen molar-refractivity contribution in [2.24, 2.45) is 0 Å². The van der Waals surface area contributed by atoms with Crippen LogP contribution in [0.1, 0.15) is 36.6 Å². The Balaban J connectivity index is 0.00000220. The van der Waals surface area contributed by atoms with Crippen molar-refractivity contribution in [3.63, 3.8) is 0 Å². The highest BCUT2D eigenvalue weighted by molar-refractivity contribution is 5.85. The fourth-order valence-corrected chi connectivity index (χ4v) is 2.65. The third-order valence-corrected chi connectivity index (χ3v) is 4.07. The maximum absolute atomic E-state index is 12.3. The summed E-state index contributed by atoms with van der Waals surface area (Å²) in [5.74, 6) is 0.00519. The van der Waals surface area contributed by atoms with Crippen LogP contribution in [-0.4, -0.2) is 31.2 Å². The van der Waals surface area contributed by atoms with Gasteiger partial charge in [0.25, 0.3) is 0 Å². The smallest absolute Gasteiger partial charge is 0.240 e.